The Kier molecular flexibility index (Phi) is 6.16. The zero-order chi connectivity index (χ0) is 20.3. The number of nitrogens with zero attached hydrogens (tertiary/aromatic N) is 2. The molecule has 1 aromatic carbocycles. The highest BCUT2D eigenvalue weighted by Gasteiger charge is 2.38. The van der Waals surface area contributed by atoms with Crippen LogP contribution >= 0.6 is 0 Å². The molecule has 2 amide bonds. The first kappa shape index (κ1) is 20.5. The van der Waals surface area contributed by atoms with Gasteiger partial charge in [-0.2, -0.15) is 0 Å². The number of benzene rings is 1. The number of carbonyl (C=O) groups excluding carboxylic acids is 2. The lowest BCUT2D eigenvalue weighted by molar-refractivity contribution is -0.118. The minimum atomic E-state index is -0.474. The lowest BCUT2D eigenvalue weighted by Crippen LogP contribution is -2.50. The Bertz CT molecular complexity index is 713. The molecule has 2 aliphatic heterocycles. The molecular weight excluding hydrogens is 354 g/mol. The van der Waals surface area contributed by atoms with Gasteiger partial charge in [0.1, 0.15) is 5.60 Å². The molecule has 1 N–H and O–H groups in total. The minimum absolute atomic E-state index is 0.00204. The number of piperidine rings is 1. The van der Waals surface area contributed by atoms with Gasteiger partial charge in [-0.15, -0.1) is 0 Å². The van der Waals surface area contributed by atoms with Crippen LogP contribution in [0, 0.1) is 5.92 Å². The van der Waals surface area contributed by atoms with E-state index in [0.29, 0.717) is 18.5 Å². The van der Waals surface area contributed by atoms with Gasteiger partial charge in [-0.25, -0.2) is 4.79 Å². The molecule has 28 heavy (non-hydrogen) atoms. The third-order valence-electron chi connectivity index (χ3n) is 5.51. The molecule has 1 aromatic rings. The maximum Gasteiger partial charge on any atom is 0.410 e. The predicted molar refractivity (Wildman–Crippen MR) is 110 cm³/mol. The van der Waals surface area contributed by atoms with Crippen molar-refractivity contribution in [3.8, 4) is 0 Å². The first-order valence-electron chi connectivity index (χ1n) is 10.3. The second-order valence-electron chi connectivity index (χ2n) is 8.91. The molecule has 154 valence electrons. The summed E-state index contributed by atoms with van der Waals surface area (Å²) in [6, 6.07) is 8.85. The van der Waals surface area contributed by atoms with Crippen LogP contribution in [0.1, 0.15) is 46.1 Å². The zero-order valence-electron chi connectivity index (χ0n) is 17.5. The predicted octanol–water partition coefficient (Wildman–Crippen LogP) is 3.20. The Hall–Kier alpha value is -2.24. The van der Waals surface area contributed by atoms with Gasteiger partial charge in [0.05, 0.1) is 0 Å². The largest absolute Gasteiger partial charge is 0.444 e. The first-order chi connectivity index (χ1) is 13.2. The number of nitrogens with one attached hydrogen (secondary N) is 1. The molecule has 6 heteroatoms. The fourth-order valence-corrected chi connectivity index (χ4v) is 4.35. The van der Waals surface area contributed by atoms with Crippen molar-refractivity contribution in [2.75, 3.05) is 31.1 Å². The highest BCUT2D eigenvalue weighted by atomic mass is 16.6. The maximum absolute atomic E-state index is 12.6. The van der Waals surface area contributed by atoms with Crippen LogP contribution in [0.25, 0.3) is 0 Å². The van der Waals surface area contributed by atoms with Crippen molar-refractivity contribution in [2.45, 2.75) is 58.6 Å². The van der Waals surface area contributed by atoms with Crippen LogP contribution in [0.4, 0.5) is 10.5 Å². The quantitative estimate of drug-likeness (QED) is 0.862. The Morgan fingerprint density at radius 2 is 2.00 bits per heavy atom. The van der Waals surface area contributed by atoms with E-state index in [-0.39, 0.29) is 12.0 Å². The molecule has 3 rings (SSSR count). The van der Waals surface area contributed by atoms with Gasteiger partial charge >= 0.3 is 6.09 Å². The molecule has 0 spiro atoms. The molecule has 0 aliphatic carbocycles. The fourth-order valence-electron chi connectivity index (χ4n) is 4.35. The van der Waals surface area contributed by atoms with Crippen molar-refractivity contribution in [2.24, 2.45) is 5.92 Å². The molecular formula is C22H33N3O3. The highest BCUT2D eigenvalue weighted by molar-refractivity contribution is 5.73. The van der Waals surface area contributed by atoms with Crippen LogP contribution in [0.2, 0.25) is 0 Å². The lowest BCUT2D eigenvalue weighted by Gasteiger charge is -2.40. The van der Waals surface area contributed by atoms with Gasteiger partial charge in [-0.05, 0) is 57.6 Å². The summed E-state index contributed by atoms with van der Waals surface area (Å²) in [6.45, 7) is 10.2. The molecule has 0 bridgehead atoms. The average molecular weight is 388 g/mol. The van der Waals surface area contributed by atoms with E-state index < -0.39 is 5.60 Å². The van der Waals surface area contributed by atoms with Crippen molar-refractivity contribution in [3.63, 3.8) is 0 Å². The summed E-state index contributed by atoms with van der Waals surface area (Å²) in [5.41, 5.74) is 2.13. The van der Waals surface area contributed by atoms with Crippen molar-refractivity contribution in [1.29, 1.82) is 0 Å². The number of anilines is 1. The molecule has 0 aromatic heterocycles. The Morgan fingerprint density at radius 3 is 2.71 bits per heavy atom. The minimum Gasteiger partial charge on any atom is -0.444 e. The SMILES string of the molecule is CC(=O)NCCN1c2ccccc2CC1C1CCCN(C(=O)OC(C)(C)C)C1. The average Bonchev–Trinajstić information content (AvgIpc) is 2.99. The van der Waals surface area contributed by atoms with E-state index in [9.17, 15) is 9.59 Å². The summed E-state index contributed by atoms with van der Waals surface area (Å²) < 4.78 is 5.59. The molecule has 2 aliphatic rings. The number of rotatable bonds is 4. The van der Waals surface area contributed by atoms with Gasteiger partial charge in [0, 0.05) is 44.8 Å². The standard InChI is InChI=1S/C22H33N3O3/c1-16(26)23-11-13-25-19-10-6-5-8-17(19)14-20(25)18-9-7-12-24(15-18)21(27)28-22(2,3)4/h5-6,8,10,18,20H,7,9,11-15H2,1-4H3,(H,23,26). The number of amides is 2. The monoisotopic (exact) mass is 387 g/mol. The van der Waals surface area contributed by atoms with Crippen molar-refractivity contribution in [1.82, 2.24) is 10.2 Å². The van der Waals surface area contributed by atoms with Gasteiger partial charge in [-0.3, -0.25) is 4.79 Å². The van der Waals surface area contributed by atoms with Gasteiger partial charge in [0.15, 0.2) is 0 Å². The van der Waals surface area contributed by atoms with Crippen molar-refractivity contribution >= 4 is 17.7 Å². The second kappa shape index (κ2) is 8.41. The number of fused-ring (bicyclic) bond motifs is 1. The third kappa shape index (κ3) is 4.97. The van der Waals surface area contributed by atoms with E-state index in [2.05, 4.69) is 34.5 Å². The highest BCUT2D eigenvalue weighted by Crippen LogP contribution is 2.37. The van der Waals surface area contributed by atoms with E-state index in [4.69, 9.17) is 4.74 Å². The van der Waals surface area contributed by atoms with Crippen LogP contribution < -0.4 is 10.2 Å². The Morgan fingerprint density at radius 1 is 1.25 bits per heavy atom. The maximum atomic E-state index is 12.6. The Balaban J connectivity index is 1.71. The first-order valence-corrected chi connectivity index (χ1v) is 10.3. The van der Waals surface area contributed by atoms with Gasteiger partial charge in [0.2, 0.25) is 5.91 Å². The molecule has 1 saturated heterocycles. The fraction of sp³-hybridized carbons (Fsp3) is 0.636. The van der Waals surface area contributed by atoms with E-state index in [1.54, 1.807) is 6.92 Å². The summed E-state index contributed by atoms with van der Waals surface area (Å²) >= 11 is 0. The van der Waals surface area contributed by atoms with Crippen molar-refractivity contribution < 1.29 is 14.3 Å². The van der Waals surface area contributed by atoms with E-state index in [1.165, 1.54) is 11.3 Å². The van der Waals surface area contributed by atoms with Gasteiger partial charge in [-0.1, -0.05) is 18.2 Å². The molecule has 6 nitrogen and oxygen atoms in total. The number of hydrogen-bond acceptors (Lipinski definition) is 4. The number of ether oxygens (including phenoxy) is 1. The molecule has 2 unspecified atom stereocenters. The number of carbonyl (C=O) groups is 2. The summed E-state index contributed by atoms with van der Waals surface area (Å²) in [6.07, 6.45) is 2.88. The summed E-state index contributed by atoms with van der Waals surface area (Å²) in [4.78, 5) is 28.1. The van der Waals surface area contributed by atoms with Crippen molar-refractivity contribution in [3.05, 3.63) is 29.8 Å². The van der Waals surface area contributed by atoms with E-state index in [1.807, 2.05) is 25.7 Å². The number of para-hydroxylation sites is 1. The van der Waals surface area contributed by atoms with Crippen LogP contribution in [0.3, 0.4) is 0 Å². The zero-order valence-corrected chi connectivity index (χ0v) is 17.5. The van der Waals surface area contributed by atoms with Crippen LogP contribution in [0.5, 0.6) is 0 Å². The van der Waals surface area contributed by atoms with E-state index >= 15 is 0 Å². The van der Waals surface area contributed by atoms with Gasteiger partial charge < -0.3 is 19.9 Å². The van der Waals surface area contributed by atoms with Gasteiger partial charge in [0.25, 0.3) is 0 Å². The molecule has 0 radical (unpaired) electrons. The topological polar surface area (TPSA) is 61.9 Å². The smallest absolute Gasteiger partial charge is 0.410 e. The van der Waals surface area contributed by atoms with Crippen LogP contribution in [0.15, 0.2) is 24.3 Å². The molecule has 2 heterocycles. The number of likely N-dealkylation sites (tertiary alicyclic amines) is 1. The number of hydrogen-bond donors (Lipinski definition) is 1. The normalized spacial score (nSPS) is 22.0. The lowest BCUT2D eigenvalue weighted by atomic mass is 9.88. The van der Waals surface area contributed by atoms with Crippen LogP contribution in [-0.4, -0.2) is 54.7 Å². The Labute approximate surface area is 168 Å². The van der Waals surface area contributed by atoms with Crippen LogP contribution in [-0.2, 0) is 16.0 Å². The van der Waals surface area contributed by atoms with E-state index in [0.717, 1.165) is 38.9 Å². The molecule has 2 atom stereocenters. The molecule has 0 saturated carbocycles. The third-order valence-corrected chi connectivity index (χ3v) is 5.51. The second-order valence-corrected chi connectivity index (χ2v) is 8.91. The summed E-state index contributed by atoms with van der Waals surface area (Å²) in [5.74, 6) is 0.392. The summed E-state index contributed by atoms with van der Waals surface area (Å²) in [5, 5.41) is 2.91. The summed E-state index contributed by atoms with van der Waals surface area (Å²) in [7, 11) is 0. The molecule has 1 fully saturated rings.